The lowest BCUT2D eigenvalue weighted by atomic mass is 10.1. The number of methoxy groups -OCH3 is 1. The average Bonchev–Trinajstić information content (AvgIpc) is 2.55. The summed E-state index contributed by atoms with van der Waals surface area (Å²) in [6, 6.07) is 10.4. The molecular formula is C16H16N4O3. The molecule has 0 fully saturated rings. The lowest BCUT2D eigenvalue weighted by molar-refractivity contribution is 0.144. The highest BCUT2D eigenvalue weighted by Crippen LogP contribution is 2.26. The van der Waals surface area contributed by atoms with Gasteiger partial charge in [-0.3, -0.25) is 0 Å². The number of nitrogens with two attached hydrogens (primary N) is 1. The van der Waals surface area contributed by atoms with E-state index < -0.39 is 0 Å². The van der Waals surface area contributed by atoms with Crippen LogP contribution in [-0.4, -0.2) is 40.4 Å². The number of anilines is 1. The molecule has 3 rings (SSSR count). The molecule has 0 amide bonds. The van der Waals surface area contributed by atoms with Gasteiger partial charge in [0.25, 0.3) is 0 Å². The Morgan fingerprint density at radius 1 is 1.00 bits per heavy atom. The number of benzene rings is 1. The van der Waals surface area contributed by atoms with Crippen LogP contribution in [-0.2, 0) is 4.74 Å². The monoisotopic (exact) mass is 312 g/mol. The minimum atomic E-state index is 0.129. The molecule has 0 radical (unpaired) electrons. The number of pyridine rings is 1. The quantitative estimate of drug-likeness (QED) is 0.694. The summed E-state index contributed by atoms with van der Waals surface area (Å²) in [5.41, 5.74) is 8.43. The maximum Gasteiger partial charge on any atom is 0.245 e. The van der Waals surface area contributed by atoms with Crippen LogP contribution in [0.25, 0.3) is 22.3 Å². The molecule has 2 heterocycles. The van der Waals surface area contributed by atoms with E-state index in [1.54, 1.807) is 31.4 Å². The fourth-order valence-electron chi connectivity index (χ4n) is 2.12. The van der Waals surface area contributed by atoms with Gasteiger partial charge in [0.1, 0.15) is 12.4 Å². The molecule has 0 aliphatic rings. The minimum Gasteiger partial charge on any atom is -0.508 e. The first kappa shape index (κ1) is 15.0. The highest BCUT2D eigenvalue weighted by atomic mass is 16.5. The van der Waals surface area contributed by atoms with E-state index in [0.717, 1.165) is 11.3 Å². The molecule has 0 saturated carbocycles. The number of fused-ring (bicyclic) bond motifs is 1. The number of aromatic nitrogens is 3. The largest absolute Gasteiger partial charge is 0.508 e. The number of ether oxygens (including phenoxy) is 2. The number of phenols is 1. The van der Waals surface area contributed by atoms with E-state index in [9.17, 15) is 5.11 Å². The van der Waals surface area contributed by atoms with E-state index in [1.807, 2.05) is 12.1 Å². The van der Waals surface area contributed by atoms with Gasteiger partial charge in [0.05, 0.1) is 17.8 Å². The lowest BCUT2D eigenvalue weighted by Crippen LogP contribution is -2.08. The maximum absolute atomic E-state index is 9.38. The molecule has 0 spiro atoms. The Morgan fingerprint density at radius 3 is 2.52 bits per heavy atom. The molecule has 3 N–H and O–H groups in total. The van der Waals surface area contributed by atoms with Gasteiger partial charge in [-0.05, 0) is 36.4 Å². The number of phenolic OH excluding ortho intramolecular Hbond substituents is 1. The van der Waals surface area contributed by atoms with Crippen molar-refractivity contribution >= 4 is 17.0 Å². The number of rotatable bonds is 5. The van der Waals surface area contributed by atoms with Crippen LogP contribution < -0.4 is 10.5 Å². The summed E-state index contributed by atoms with van der Waals surface area (Å²) in [7, 11) is 1.59. The van der Waals surface area contributed by atoms with E-state index in [0.29, 0.717) is 30.1 Å². The predicted molar refractivity (Wildman–Crippen MR) is 86.2 cm³/mol. The van der Waals surface area contributed by atoms with Crippen LogP contribution in [0, 0.1) is 0 Å². The van der Waals surface area contributed by atoms with Crippen molar-refractivity contribution in [2.45, 2.75) is 0 Å². The molecule has 118 valence electrons. The molecular weight excluding hydrogens is 296 g/mol. The van der Waals surface area contributed by atoms with Crippen LogP contribution >= 0.6 is 0 Å². The number of hydrogen-bond acceptors (Lipinski definition) is 7. The van der Waals surface area contributed by atoms with E-state index in [2.05, 4.69) is 15.0 Å². The SMILES string of the molecule is COCCOc1nc(N)nc2ccc(-c3ccc(O)cc3)nc12. The van der Waals surface area contributed by atoms with E-state index >= 15 is 0 Å². The summed E-state index contributed by atoms with van der Waals surface area (Å²) in [5.74, 6) is 0.656. The highest BCUT2D eigenvalue weighted by Gasteiger charge is 2.11. The summed E-state index contributed by atoms with van der Waals surface area (Å²) in [6.45, 7) is 0.774. The van der Waals surface area contributed by atoms with Crippen molar-refractivity contribution in [3.05, 3.63) is 36.4 Å². The predicted octanol–water partition coefficient (Wildman–Crippen LogP) is 2.00. The fraction of sp³-hybridized carbons (Fsp3) is 0.188. The minimum absolute atomic E-state index is 0.129. The van der Waals surface area contributed by atoms with Gasteiger partial charge in [-0.1, -0.05) is 0 Å². The highest BCUT2D eigenvalue weighted by molar-refractivity contribution is 5.83. The van der Waals surface area contributed by atoms with Gasteiger partial charge in [-0.15, -0.1) is 0 Å². The van der Waals surface area contributed by atoms with Crippen molar-refractivity contribution < 1.29 is 14.6 Å². The number of hydrogen-bond donors (Lipinski definition) is 2. The first-order chi connectivity index (χ1) is 11.2. The van der Waals surface area contributed by atoms with E-state index in [4.69, 9.17) is 15.2 Å². The third kappa shape index (κ3) is 3.29. The molecule has 7 heteroatoms. The summed E-state index contributed by atoms with van der Waals surface area (Å²) in [4.78, 5) is 12.8. The summed E-state index contributed by atoms with van der Waals surface area (Å²) in [5, 5.41) is 9.38. The molecule has 0 atom stereocenters. The van der Waals surface area contributed by atoms with Gasteiger partial charge in [0.2, 0.25) is 11.8 Å². The Bertz CT molecular complexity index is 821. The zero-order valence-electron chi connectivity index (χ0n) is 12.6. The van der Waals surface area contributed by atoms with Crippen molar-refractivity contribution in [1.29, 1.82) is 0 Å². The van der Waals surface area contributed by atoms with Crippen LogP contribution in [0.3, 0.4) is 0 Å². The van der Waals surface area contributed by atoms with Crippen molar-refractivity contribution in [3.8, 4) is 22.9 Å². The zero-order valence-corrected chi connectivity index (χ0v) is 12.6. The maximum atomic E-state index is 9.38. The molecule has 3 aromatic rings. The van der Waals surface area contributed by atoms with Crippen LogP contribution in [0.15, 0.2) is 36.4 Å². The van der Waals surface area contributed by atoms with Crippen molar-refractivity contribution in [3.63, 3.8) is 0 Å². The van der Waals surface area contributed by atoms with Gasteiger partial charge in [0.15, 0.2) is 5.52 Å². The van der Waals surface area contributed by atoms with Crippen LogP contribution in [0.4, 0.5) is 5.95 Å². The average molecular weight is 312 g/mol. The molecule has 7 nitrogen and oxygen atoms in total. The molecule has 0 aliphatic carbocycles. The number of aromatic hydroxyl groups is 1. The third-order valence-corrected chi connectivity index (χ3v) is 3.22. The Hall–Kier alpha value is -2.93. The second-order valence-corrected chi connectivity index (χ2v) is 4.84. The molecule has 0 bridgehead atoms. The van der Waals surface area contributed by atoms with Crippen molar-refractivity contribution in [2.75, 3.05) is 26.1 Å². The smallest absolute Gasteiger partial charge is 0.245 e. The first-order valence-corrected chi connectivity index (χ1v) is 7.03. The molecule has 0 aliphatic heterocycles. The number of nitrogen functional groups attached to an aromatic ring is 1. The molecule has 23 heavy (non-hydrogen) atoms. The van der Waals surface area contributed by atoms with Gasteiger partial charge < -0.3 is 20.3 Å². The van der Waals surface area contributed by atoms with E-state index in [-0.39, 0.29) is 11.7 Å². The van der Waals surface area contributed by atoms with Gasteiger partial charge in [-0.25, -0.2) is 9.97 Å². The molecule has 0 unspecified atom stereocenters. The molecule has 0 saturated heterocycles. The number of nitrogens with zero attached hydrogens (tertiary/aromatic N) is 3. The van der Waals surface area contributed by atoms with Gasteiger partial charge in [0, 0.05) is 12.7 Å². The fourth-order valence-corrected chi connectivity index (χ4v) is 2.12. The van der Waals surface area contributed by atoms with Crippen molar-refractivity contribution in [1.82, 2.24) is 15.0 Å². The Morgan fingerprint density at radius 2 is 1.78 bits per heavy atom. The van der Waals surface area contributed by atoms with Crippen LogP contribution in [0.1, 0.15) is 0 Å². The van der Waals surface area contributed by atoms with Gasteiger partial charge in [-0.2, -0.15) is 4.98 Å². The Balaban J connectivity index is 2.04. The third-order valence-electron chi connectivity index (χ3n) is 3.22. The standard InChI is InChI=1S/C16H16N4O3/c1-22-8-9-23-15-14-13(19-16(17)20-15)7-6-12(18-14)10-2-4-11(21)5-3-10/h2-7,21H,8-9H2,1H3,(H2,17,19,20). The summed E-state index contributed by atoms with van der Waals surface area (Å²) in [6.07, 6.45) is 0. The Kier molecular flexibility index (Phi) is 4.20. The van der Waals surface area contributed by atoms with Crippen LogP contribution in [0.2, 0.25) is 0 Å². The van der Waals surface area contributed by atoms with E-state index in [1.165, 1.54) is 0 Å². The van der Waals surface area contributed by atoms with Crippen LogP contribution in [0.5, 0.6) is 11.6 Å². The lowest BCUT2D eigenvalue weighted by Gasteiger charge is -2.09. The summed E-state index contributed by atoms with van der Waals surface area (Å²) < 4.78 is 10.6. The van der Waals surface area contributed by atoms with Crippen molar-refractivity contribution in [2.24, 2.45) is 0 Å². The molecule has 1 aromatic carbocycles. The first-order valence-electron chi connectivity index (χ1n) is 7.03. The second-order valence-electron chi connectivity index (χ2n) is 4.84. The normalized spacial score (nSPS) is 10.8. The summed E-state index contributed by atoms with van der Waals surface area (Å²) >= 11 is 0. The topological polar surface area (TPSA) is 103 Å². The molecule has 2 aromatic heterocycles. The zero-order chi connectivity index (χ0) is 16.2. The Labute approximate surface area is 132 Å². The van der Waals surface area contributed by atoms with Gasteiger partial charge >= 0.3 is 0 Å². The second kappa shape index (κ2) is 6.45.